The van der Waals surface area contributed by atoms with Crippen molar-refractivity contribution in [1.29, 1.82) is 0 Å². The molecular weight excluding hydrogens is 395 g/mol. The van der Waals surface area contributed by atoms with E-state index in [2.05, 4.69) is 5.32 Å². The van der Waals surface area contributed by atoms with Crippen molar-refractivity contribution in [3.05, 3.63) is 58.6 Å². The predicted octanol–water partition coefficient (Wildman–Crippen LogP) is 5.81. The molecule has 0 saturated carbocycles. The highest BCUT2D eigenvalue weighted by Crippen LogP contribution is 2.36. The predicted molar refractivity (Wildman–Crippen MR) is 103 cm³/mol. The van der Waals surface area contributed by atoms with E-state index in [1.807, 2.05) is 13.8 Å². The molecule has 0 heterocycles. The Kier molecular flexibility index (Phi) is 6.96. The average Bonchev–Trinajstić information content (AvgIpc) is 2.61. The van der Waals surface area contributed by atoms with Gasteiger partial charge in [0.1, 0.15) is 0 Å². The summed E-state index contributed by atoms with van der Waals surface area (Å²) in [4.78, 5) is 12.0. The number of alkyl halides is 3. The van der Waals surface area contributed by atoms with Crippen LogP contribution < -0.4 is 14.8 Å². The minimum absolute atomic E-state index is 0.00960. The van der Waals surface area contributed by atoms with E-state index in [-0.39, 0.29) is 11.8 Å². The molecule has 0 bridgehead atoms. The molecule has 0 aliphatic carbocycles. The Morgan fingerprint density at radius 2 is 1.86 bits per heavy atom. The van der Waals surface area contributed by atoms with E-state index in [0.717, 1.165) is 12.1 Å². The van der Waals surface area contributed by atoms with Crippen LogP contribution in [0.3, 0.4) is 0 Å². The third-order valence-electron chi connectivity index (χ3n) is 3.52. The molecule has 1 N–H and O–H groups in total. The molecule has 2 aromatic rings. The molecule has 150 valence electrons. The fourth-order valence-electron chi connectivity index (χ4n) is 2.32. The second kappa shape index (κ2) is 9.01. The number of methoxy groups -OCH3 is 1. The number of hydrogen-bond donors (Lipinski definition) is 1. The van der Waals surface area contributed by atoms with Crippen LogP contribution in [0.5, 0.6) is 11.5 Å². The first-order valence-electron chi connectivity index (χ1n) is 8.30. The van der Waals surface area contributed by atoms with Gasteiger partial charge in [-0.3, -0.25) is 4.79 Å². The minimum Gasteiger partial charge on any atom is -0.493 e. The first-order valence-corrected chi connectivity index (χ1v) is 8.68. The van der Waals surface area contributed by atoms with Gasteiger partial charge in [0.15, 0.2) is 11.5 Å². The van der Waals surface area contributed by atoms with Crippen LogP contribution in [0.1, 0.15) is 25.0 Å². The lowest BCUT2D eigenvalue weighted by atomic mass is 10.1. The summed E-state index contributed by atoms with van der Waals surface area (Å²) < 4.78 is 49.5. The summed E-state index contributed by atoms with van der Waals surface area (Å²) in [6, 6.07) is 8.30. The van der Waals surface area contributed by atoms with Crippen molar-refractivity contribution in [3.63, 3.8) is 0 Å². The molecule has 0 atom stereocenters. The van der Waals surface area contributed by atoms with Crippen molar-refractivity contribution < 1.29 is 27.4 Å². The summed E-state index contributed by atoms with van der Waals surface area (Å²) >= 11 is 5.56. The van der Waals surface area contributed by atoms with Gasteiger partial charge in [-0.15, -0.1) is 0 Å². The normalized spacial score (nSPS) is 11.7. The van der Waals surface area contributed by atoms with Crippen molar-refractivity contribution in [2.45, 2.75) is 26.1 Å². The van der Waals surface area contributed by atoms with Gasteiger partial charge in [-0.05, 0) is 55.8 Å². The first kappa shape index (κ1) is 21.6. The summed E-state index contributed by atoms with van der Waals surface area (Å²) in [5.41, 5.74) is -0.360. The van der Waals surface area contributed by atoms with E-state index in [1.54, 1.807) is 18.2 Å². The number of rotatable bonds is 6. The molecule has 2 aromatic carbocycles. The molecular formula is C20H19ClF3NO3. The van der Waals surface area contributed by atoms with E-state index >= 15 is 0 Å². The third kappa shape index (κ3) is 5.92. The second-order valence-corrected chi connectivity index (χ2v) is 6.50. The fourth-order valence-corrected chi connectivity index (χ4v) is 2.54. The van der Waals surface area contributed by atoms with E-state index < -0.39 is 22.7 Å². The Morgan fingerprint density at radius 1 is 1.14 bits per heavy atom. The second-order valence-electron chi connectivity index (χ2n) is 6.09. The maximum absolute atomic E-state index is 12.9. The van der Waals surface area contributed by atoms with Crippen LogP contribution in [0.2, 0.25) is 5.02 Å². The third-order valence-corrected chi connectivity index (χ3v) is 3.85. The number of nitrogens with one attached hydrogen (secondary N) is 1. The van der Waals surface area contributed by atoms with Crippen LogP contribution in [0.4, 0.5) is 18.9 Å². The molecule has 0 unspecified atom stereocenters. The number of carbonyl (C=O) groups excluding carboxylic acids is 1. The lowest BCUT2D eigenvalue weighted by Crippen LogP contribution is -2.11. The molecule has 0 fully saturated rings. The van der Waals surface area contributed by atoms with Crippen molar-refractivity contribution in [3.8, 4) is 11.5 Å². The van der Waals surface area contributed by atoms with Crippen molar-refractivity contribution >= 4 is 29.3 Å². The molecule has 0 aliphatic rings. The molecule has 8 heteroatoms. The lowest BCUT2D eigenvalue weighted by molar-refractivity contribution is -0.137. The Balaban J connectivity index is 2.12. The van der Waals surface area contributed by atoms with Gasteiger partial charge in [0.2, 0.25) is 5.91 Å². The zero-order valence-electron chi connectivity index (χ0n) is 15.4. The minimum atomic E-state index is -4.61. The average molecular weight is 414 g/mol. The molecule has 4 nitrogen and oxygen atoms in total. The monoisotopic (exact) mass is 413 g/mol. The number of anilines is 1. The highest BCUT2D eigenvalue weighted by molar-refractivity contribution is 6.31. The number of carbonyl (C=O) groups is 1. The zero-order valence-corrected chi connectivity index (χ0v) is 16.2. The number of halogens is 4. The van der Waals surface area contributed by atoms with Gasteiger partial charge in [-0.25, -0.2) is 0 Å². The van der Waals surface area contributed by atoms with Gasteiger partial charge in [0.25, 0.3) is 0 Å². The summed E-state index contributed by atoms with van der Waals surface area (Å²) in [5, 5.41) is 1.94. The molecule has 0 radical (unpaired) electrons. The summed E-state index contributed by atoms with van der Waals surface area (Å²) in [7, 11) is 1.50. The van der Waals surface area contributed by atoms with Gasteiger partial charge < -0.3 is 14.8 Å². The van der Waals surface area contributed by atoms with Crippen LogP contribution in [-0.4, -0.2) is 19.1 Å². The zero-order chi connectivity index (χ0) is 20.9. The van der Waals surface area contributed by atoms with Crippen LogP contribution >= 0.6 is 11.6 Å². The quantitative estimate of drug-likeness (QED) is 0.608. The van der Waals surface area contributed by atoms with E-state index in [9.17, 15) is 18.0 Å². The van der Waals surface area contributed by atoms with Gasteiger partial charge >= 0.3 is 6.18 Å². The maximum Gasteiger partial charge on any atom is 0.417 e. The number of ether oxygens (including phenoxy) is 2. The van der Waals surface area contributed by atoms with Crippen LogP contribution in [0.15, 0.2) is 42.5 Å². The largest absolute Gasteiger partial charge is 0.493 e. The Labute approximate surface area is 165 Å². The first-order chi connectivity index (χ1) is 13.1. The maximum atomic E-state index is 12.9. The standard InChI is InChI=1S/C20H19ClF3NO3/c1-12(2)28-17-8-4-13(10-18(17)27-3)5-9-19(26)25-14-6-7-16(21)15(11-14)20(22,23)24/h4-12H,1-3H3,(H,25,26). The van der Waals surface area contributed by atoms with Gasteiger partial charge in [0, 0.05) is 11.8 Å². The van der Waals surface area contributed by atoms with Crippen molar-refractivity contribution in [1.82, 2.24) is 0 Å². The highest BCUT2D eigenvalue weighted by Gasteiger charge is 2.33. The summed E-state index contributed by atoms with van der Waals surface area (Å²) in [6.45, 7) is 3.77. The number of benzene rings is 2. The summed E-state index contributed by atoms with van der Waals surface area (Å²) in [5.74, 6) is 0.487. The fraction of sp³-hybridized carbons (Fsp3) is 0.250. The van der Waals surface area contributed by atoms with Crippen LogP contribution in [0.25, 0.3) is 6.08 Å². The van der Waals surface area contributed by atoms with Crippen LogP contribution in [-0.2, 0) is 11.0 Å². The van der Waals surface area contributed by atoms with Crippen molar-refractivity contribution in [2.75, 3.05) is 12.4 Å². The van der Waals surface area contributed by atoms with E-state index in [4.69, 9.17) is 21.1 Å². The lowest BCUT2D eigenvalue weighted by Gasteiger charge is -2.13. The molecule has 28 heavy (non-hydrogen) atoms. The van der Waals surface area contributed by atoms with Crippen molar-refractivity contribution in [2.24, 2.45) is 0 Å². The van der Waals surface area contributed by atoms with E-state index in [0.29, 0.717) is 17.1 Å². The van der Waals surface area contributed by atoms with Crippen LogP contribution in [0, 0.1) is 0 Å². The molecule has 1 amide bonds. The Morgan fingerprint density at radius 3 is 2.46 bits per heavy atom. The number of amides is 1. The number of hydrogen-bond acceptors (Lipinski definition) is 3. The molecule has 0 saturated heterocycles. The Bertz CT molecular complexity index is 879. The molecule has 2 rings (SSSR count). The van der Waals surface area contributed by atoms with E-state index in [1.165, 1.54) is 25.3 Å². The molecule has 0 spiro atoms. The molecule has 0 aliphatic heterocycles. The topological polar surface area (TPSA) is 47.6 Å². The molecule has 0 aromatic heterocycles. The van der Waals surface area contributed by atoms with Gasteiger partial charge in [-0.2, -0.15) is 13.2 Å². The smallest absolute Gasteiger partial charge is 0.417 e. The summed E-state index contributed by atoms with van der Waals surface area (Å²) in [6.07, 6.45) is -1.91. The Hall–Kier alpha value is -2.67. The van der Waals surface area contributed by atoms with Gasteiger partial charge in [0.05, 0.1) is 23.8 Å². The highest BCUT2D eigenvalue weighted by atomic mass is 35.5. The SMILES string of the molecule is COc1cc(C=CC(=O)Nc2ccc(Cl)c(C(F)(F)F)c2)ccc1OC(C)C. The van der Waals surface area contributed by atoms with Gasteiger partial charge in [-0.1, -0.05) is 17.7 Å².